The summed E-state index contributed by atoms with van der Waals surface area (Å²) in [6.07, 6.45) is 5.51. The Bertz CT molecular complexity index is 115. The van der Waals surface area contributed by atoms with Crippen LogP contribution in [0.2, 0.25) is 0 Å². The molecule has 0 fully saturated rings. The molecule has 0 atom stereocenters. The van der Waals surface area contributed by atoms with Gasteiger partial charge in [0.05, 0.1) is 0 Å². The third kappa shape index (κ3) is 1.30. The van der Waals surface area contributed by atoms with E-state index < -0.39 is 0 Å². The van der Waals surface area contributed by atoms with Crippen molar-refractivity contribution in [2.75, 3.05) is 0 Å². The normalized spacial score (nSPS) is 19.1. The predicted octanol–water partition coefficient (Wildman–Crippen LogP) is 2.66. The second-order valence-corrected chi connectivity index (χ2v) is 3.19. The SMILES string of the molecule is CC1=CC=C(I)C1. The zero-order valence-electron chi connectivity index (χ0n) is 4.24. The average Bonchev–Trinajstić information content (AvgIpc) is 1.87. The predicted molar refractivity (Wildman–Crippen MR) is 40.5 cm³/mol. The highest BCUT2D eigenvalue weighted by Gasteiger charge is 1.97. The first-order valence-electron chi connectivity index (χ1n) is 2.31. The third-order valence-electron chi connectivity index (χ3n) is 0.996. The van der Waals surface area contributed by atoms with Crippen molar-refractivity contribution in [2.45, 2.75) is 13.3 Å². The average molecular weight is 206 g/mol. The topological polar surface area (TPSA) is 0 Å². The lowest BCUT2D eigenvalue weighted by molar-refractivity contribution is 1.25. The van der Waals surface area contributed by atoms with Crippen molar-refractivity contribution in [2.24, 2.45) is 0 Å². The molecule has 0 N–H and O–H groups in total. The lowest BCUT2D eigenvalue weighted by Gasteiger charge is -1.85. The summed E-state index contributed by atoms with van der Waals surface area (Å²) in [5.41, 5.74) is 1.48. The van der Waals surface area contributed by atoms with Crippen molar-refractivity contribution in [1.29, 1.82) is 0 Å². The lowest BCUT2D eigenvalue weighted by atomic mass is 10.3. The zero-order valence-corrected chi connectivity index (χ0v) is 6.40. The van der Waals surface area contributed by atoms with E-state index >= 15 is 0 Å². The minimum atomic E-state index is 1.18. The van der Waals surface area contributed by atoms with Crippen molar-refractivity contribution in [3.63, 3.8) is 0 Å². The van der Waals surface area contributed by atoms with Gasteiger partial charge in [0.25, 0.3) is 0 Å². The second kappa shape index (κ2) is 1.99. The maximum absolute atomic E-state index is 2.36. The summed E-state index contributed by atoms with van der Waals surface area (Å²) in [6.45, 7) is 2.15. The van der Waals surface area contributed by atoms with Crippen molar-refractivity contribution >= 4 is 22.6 Å². The van der Waals surface area contributed by atoms with Crippen molar-refractivity contribution in [1.82, 2.24) is 0 Å². The Balaban J connectivity index is 2.61. The smallest absolute Gasteiger partial charge is 0.000849 e. The summed E-state index contributed by atoms with van der Waals surface area (Å²) in [6, 6.07) is 0. The largest absolute Gasteiger partial charge is 0.0685 e. The molecule has 1 aliphatic carbocycles. The first-order valence-corrected chi connectivity index (χ1v) is 3.39. The van der Waals surface area contributed by atoms with Gasteiger partial charge in [-0.05, 0) is 39.5 Å². The molecule has 0 radical (unpaired) electrons. The van der Waals surface area contributed by atoms with Gasteiger partial charge in [-0.1, -0.05) is 17.7 Å². The van der Waals surface area contributed by atoms with Gasteiger partial charge >= 0.3 is 0 Å². The van der Waals surface area contributed by atoms with E-state index in [1.807, 2.05) is 0 Å². The van der Waals surface area contributed by atoms with E-state index in [1.54, 1.807) is 0 Å². The quantitative estimate of drug-likeness (QED) is 0.534. The third-order valence-corrected chi connectivity index (χ3v) is 1.74. The maximum atomic E-state index is 2.36. The van der Waals surface area contributed by atoms with Crippen LogP contribution in [-0.4, -0.2) is 0 Å². The van der Waals surface area contributed by atoms with Crippen LogP contribution in [0.5, 0.6) is 0 Å². The number of halogens is 1. The highest BCUT2D eigenvalue weighted by molar-refractivity contribution is 14.1. The molecule has 1 aliphatic rings. The Morgan fingerprint density at radius 1 is 1.57 bits per heavy atom. The van der Waals surface area contributed by atoms with Crippen molar-refractivity contribution in [3.8, 4) is 0 Å². The Labute approximate surface area is 57.4 Å². The van der Waals surface area contributed by atoms with Crippen LogP contribution in [0.3, 0.4) is 0 Å². The maximum Gasteiger partial charge on any atom is -0.000849 e. The van der Waals surface area contributed by atoms with Crippen LogP contribution in [0.25, 0.3) is 0 Å². The van der Waals surface area contributed by atoms with Gasteiger partial charge in [0.1, 0.15) is 0 Å². The number of hydrogen-bond acceptors (Lipinski definition) is 0. The van der Waals surface area contributed by atoms with Gasteiger partial charge in [0.15, 0.2) is 0 Å². The molecular weight excluding hydrogens is 199 g/mol. The molecule has 0 spiro atoms. The Morgan fingerprint density at radius 2 is 2.29 bits per heavy atom. The van der Waals surface area contributed by atoms with Crippen LogP contribution in [0.1, 0.15) is 13.3 Å². The summed E-state index contributed by atoms with van der Waals surface area (Å²) in [5, 5.41) is 0. The minimum absolute atomic E-state index is 1.18. The molecule has 0 amide bonds. The van der Waals surface area contributed by atoms with Crippen LogP contribution < -0.4 is 0 Å². The monoisotopic (exact) mass is 206 g/mol. The Hall–Kier alpha value is 0.210. The van der Waals surface area contributed by atoms with E-state index in [1.165, 1.54) is 15.6 Å². The molecule has 1 heteroatoms. The van der Waals surface area contributed by atoms with Crippen LogP contribution >= 0.6 is 22.6 Å². The molecule has 0 heterocycles. The fourth-order valence-corrected chi connectivity index (χ4v) is 1.40. The number of allylic oxidation sites excluding steroid dienone is 4. The molecule has 1 rings (SSSR count). The van der Waals surface area contributed by atoms with E-state index in [9.17, 15) is 0 Å². The van der Waals surface area contributed by atoms with Crippen LogP contribution in [0.15, 0.2) is 21.3 Å². The molecule has 0 aromatic carbocycles. The summed E-state index contributed by atoms with van der Waals surface area (Å²) in [5.74, 6) is 0. The molecule has 38 valence electrons. The highest BCUT2D eigenvalue weighted by atomic mass is 127. The highest BCUT2D eigenvalue weighted by Crippen LogP contribution is 2.22. The fourth-order valence-electron chi connectivity index (χ4n) is 0.617. The summed E-state index contributed by atoms with van der Waals surface area (Å²) in [4.78, 5) is 0. The lowest BCUT2D eigenvalue weighted by Crippen LogP contribution is -1.64. The van der Waals surface area contributed by atoms with Crippen LogP contribution in [-0.2, 0) is 0 Å². The van der Waals surface area contributed by atoms with Gasteiger partial charge in [0.2, 0.25) is 0 Å². The van der Waals surface area contributed by atoms with Gasteiger partial charge < -0.3 is 0 Å². The van der Waals surface area contributed by atoms with Gasteiger partial charge in [-0.25, -0.2) is 0 Å². The molecular formula is C6H7I. The van der Waals surface area contributed by atoms with E-state index in [2.05, 4.69) is 41.7 Å². The Kier molecular flexibility index (Phi) is 1.52. The van der Waals surface area contributed by atoms with Gasteiger partial charge in [-0.3, -0.25) is 0 Å². The number of rotatable bonds is 0. The second-order valence-electron chi connectivity index (χ2n) is 1.80. The first kappa shape index (κ1) is 5.35. The summed E-state index contributed by atoms with van der Waals surface area (Å²) in [7, 11) is 0. The molecule has 0 aromatic rings. The molecule has 0 nitrogen and oxygen atoms in total. The van der Waals surface area contributed by atoms with E-state index in [4.69, 9.17) is 0 Å². The molecule has 7 heavy (non-hydrogen) atoms. The molecule has 0 saturated heterocycles. The van der Waals surface area contributed by atoms with Crippen molar-refractivity contribution < 1.29 is 0 Å². The van der Waals surface area contributed by atoms with Crippen LogP contribution in [0.4, 0.5) is 0 Å². The van der Waals surface area contributed by atoms with E-state index in [0.717, 1.165) is 0 Å². The Morgan fingerprint density at radius 3 is 2.43 bits per heavy atom. The molecule has 0 aliphatic heterocycles. The molecule has 0 unspecified atom stereocenters. The summed E-state index contributed by atoms with van der Waals surface area (Å²) >= 11 is 2.36. The minimum Gasteiger partial charge on any atom is -0.0685 e. The van der Waals surface area contributed by atoms with Gasteiger partial charge in [-0.2, -0.15) is 0 Å². The zero-order chi connectivity index (χ0) is 5.28. The number of hydrogen-bond donors (Lipinski definition) is 0. The standard InChI is InChI=1S/C6H7I/c1-5-2-3-6(7)4-5/h2-3H,4H2,1H3. The van der Waals surface area contributed by atoms with E-state index in [-0.39, 0.29) is 0 Å². The first-order chi connectivity index (χ1) is 3.29. The molecule has 0 bridgehead atoms. The van der Waals surface area contributed by atoms with Gasteiger partial charge in [0, 0.05) is 0 Å². The van der Waals surface area contributed by atoms with E-state index in [0.29, 0.717) is 0 Å². The fraction of sp³-hybridized carbons (Fsp3) is 0.333. The molecule has 0 aromatic heterocycles. The summed E-state index contributed by atoms with van der Waals surface area (Å²) < 4.78 is 1.45. The van der Waals surface area contributed by atoms with Crippen molar-refractivity contribution in [3.05, 3.63) is 21.3 Å². The van der Waals surface area contributed by atoms with Crippen LogP contribution in [0, 0.1) is 0 Å². The van der Waals surface area contributed by atoms with Gasteiger partial charge in [-0.15, -0.1) is 0 Å². The molecule has 0 saturated carbocycles.